The van der Waals surface area contributed by atoms with Crippen LogP contribution in [0.2, 0.25) is 0 Å². The third-order valence-corrected chi connectivity index (χ3v) is 5.65. The van der Waals surface area contributed by atoms with Crippen molar-refractivity contribution in [2.75, 3.05) is 13.2 Å². The van der Waals surface area contributed by atoms with E-state index in [0.717, 1.165) is 11.1 Å². The van der Waals surface area contributed by atoms with Crippen molar-refractivity contribution in [2.24, 2.45) is 0 Å². The highest BCUT2D eigenvalue weighted by Crippen LogP contribution is 2.36. The van der Waals surface area contributed by atoms with E-state index < -0.39 is 11.8 Å². The summed E-state index contributed by atoms with van der Waals surface area (Å²) in [6.45, 7) is 8.54. The lowest BCUT2D eigenvalue weighted by Crippen LogP contribution is -2.53. The van der Waals surface area contributed by atoms with E-state index in [-0.39, 0.29) is 17.2 Å². The Bertz CT molecular complexity index is 1110. The molecular formula is C24H23BrN2O4S. The molecule has 3 rings (SSSR count). The predicted octanol–water partition coefficient (Wildman–Crippen LogP) is 4.55. The topological polar surface area (TPSA) is 67.9 Å². The van der Waals surface area contributed by atoms with Crippen LogP contribution in [0.5, 0.6) is 11.5 Å². The zero-order chi connectivity index (χ0) is 23.3. The molecular weight excluding hydrogens is 492 g/mol. The minimum atomic E-state index is -0.551. The maximum atomic E-state index is 12.8. The molecule has 0 bridgehead atoms. The standard InChI is InChI=1S/C24H23BrN2O4S/c1-4-9-27-23(29)18(22(28)26-24(27)32)11-17-12-20(30-5-2)21(13-19(17)25)31-14-16-8-6-7-15(3)10-16/h4,6-8,10-13H,1,5,9,14H2,2-3H3,(H,26,28,32)/b18-11+. The second kappa shape index (κ2) is 10.6. The van der Waals surface area contributed by atoms with Crippen LogP contribution < -0.4 is 14.8 Å². The van der Waals surface area contributed by atoms with Crippen LogP contribution in [0.1, 0.15) is 23.6 Å². The number of carbonyl (C=O) groups excluding carboxylic acids is 2. The summed E-state index contributed by atoms with van der Waals surface area (Å²) in [5.41, 5.74) is 2.76. The number of ether oxygens (including phenoxy) is 2. The minimum Gasteiger partial charge on any atom is -0.490 e. The van der Waals surface area contributed by atoms with Gasteiger partial charge in [0.1, 0.15) is 12.2 Å². The van der Waals surface area contributed by atoms with Gasteiger partial charge in [0, 0.05) is 11.0 Å². The Morgan fingerprint density at radius 2 is 1.94 bits per heavy atom. The van der Waals surface area contributed by atoms with Crippen LogP contribution in [0.3, 0.4) is 0 Å². The molecule has 2 amide bonds. The van der Waals surface area contributed by atoms with Crippen molar-refractivity contribution in [3.63, 3.8) is 0 Å². The first-order valence-electron chi connectivity index (χ1n) is 9.98. The molecule has 0 saturated carbocycles. The van der Waals surface area contributed by atoms with E-state index in [1.54, 1.807) is 18.2 Å². The smallest absolute Gasteiger partial charge is 0.265 e. The number of amides is 2. The van der Waals surface area contributed by atoms with E-state index in [2.05, 4.69) is 33.9 Å². The molecule has 0 radical (unpaired) electrons. The molecule has 1 N–H and O–H groups in total. The first kappa shape index (κ1) is 23.7. The Kier molecular flexibility index (Phi) is 7.82. The average molecular weight is 515 g/mol. The summed E-state index contributed by atoms with van der Waals surface area (Å²) in [4.78, 5) is 26.5. The fourth-order valence-corrected chi connectivity index (χ4v) is 3.84. The summed E-state index contributed by atoms with van der Waals surface area (Å²) >= 11 is 8.61. The largest absolute Gasteiger partial charge is 0.490 e. The summed E-state index contributed by atoms with van der Waals surface area (Å²) < 4.78 is 12.4. The lowest BCUT2D eigenvalue weighted by molar-refractivity contribution is -0.128. The molecule has 6 nitrogen and oxygen atoms in total. The Morgan fingerprint density at radius 1 is 1.19 bits per heavy atom. The van der Waals surface area contributed by atoms with Gasteiger partial charge in [0.15, 0.2) is 16.6 Å². The van der Waals surface area contributed by atoms with E-state index in [9.17, 15) is 9.59 Å². The van der Waals surface area contributed by atoms with Gasteiger partial charge in [-0.2, -0.15) is 0 Å². The summed E-state index contributed by atoms with van der Waals surface area (Å²) in [7, 11) is 0. The van der Waals surface area contributed by atoms with Crippen LogP contribution in [-0.2, 0) is 16.2 Å². The molecule has 1 aliphatic rings. The number of halogens is 1. The van der Waals surface area contributed by atoms with Gasteiger partial charge in [-0.25, -0.2) is 0 Å². The Hall–Kier alpha value is -2.97. The molecule has 1 saturated heterocycles. The molecule has 1 heterocycles. The summed E-state index contributed by atoms with van der Waals surface area (Å²) in [6.07, 6.45) is 3.05. The Labute approximate surface area is 201 Å². The second-order valence-corrected chi connectivity index (χ2v) is 8.29. The van der Waals surface area contributed by atoms with E-state index >= 15 is 0 Å². The van der Waals surface area contributed by atoms with Gasteiger partial charge in [-0.1, -0.05) is 51.8 Å². The van der Waals surface area contributed by atoms with Crippen LogP contribution in [-0.4, -0.2) is 35.0 Å². The highest BCUT2D eigenvalue weighted by Gasteiger charge is 2.32. The zero-order valence-corrected chi connectivity index (χ0v) is 20.2. The Balaban J connectivity index is 1.92. The van der Waals surface area contributed by atoms with Crippen LogP contribution in [0.25, 0.3) is 6.08 Å². The van der Waals surface area contributed by atoms with Crippen molar-refractivity contribution in [1.82, 2.24) is 10.2 Å². The average Bonchev–Trinajstić information content (AvgIpc) is 2.75. The van der Waals surface area contributed by atoms with Crippen LogP contribution in [0.4, 0.5) is 0 Å². The lowest BCUT2D eigenvalue weighted by atomic mass is 10.1. The normalized spacial score (nSPS) is 15.0. The molecule has 0 spiro atoms. The van der Waals surface area contributed by atoms with Crippen molar-refractivity contribution in [3.8, 4) is 11.5 Å². The van der Waals surface area contributed by atoms with Crippen molar-refractivity contribution < 1.29 is 19.1 Å². The zero-order valence-electron chi connectivity index (χ0n) is 17.8. The fraction of sp³-hybridized carbons (Fsp3) is 0.208. The van der Waals surface area contributed by atoms with Crippen LogP contribution in [0.15, 0.2) is 59.1 Å². The fourth-order valence-electron chi connectivity index (χ4n) is 3.15. The summed E-state index contributed by atoms with van der Waals surface area (Å²) in [5, 5.41) is 2.60. The Morgan fingerprint density at radius 3 is 2.62 bits per heavy atom. The van der Waals surface area contributed by atoms with Gasteiger partial charge in [-0.15, -0.1) is 6.58 Å². The van der Waals surface area contributed by atoms with Gasteiger partial charge in [-0.3, -0.25) is 19.8 Å². The summed E-state index contributed by atoms with van der Waals surface area (Å²) in [6, 6.07) is 11.6. The van der Waals surface area contributed by atoms with Crippen molar-refractivity contribution >= 4 is 51.2 Å². The van der Waals surface area contributed by atoms with E-state index in [1.165, 1.54) is 11.0 Å². The van der Waals surface area contributed by atoms with Gasteiger partial charge in [-0.05, 0) is 55.4 Å². The van der Waals surface area contributed by atoms with Crippen molar-refractivity contribution in [3.05, 3.63) is 75.8 Å². The maximum Gasteiger partial charge on any atom is 0.265 e. The van der Waals surface area contributed by atoms with Gasteiger partial charge in [0.2, 0.25) is 0 Å². The van der Waals surface area contributed by atoms with Crippen LogP contribution >= 0.6 is 28.1 Å². The van der Waals surface area contributed by atoms with Crippen molar-refractivity contribution in [2.45, 2.75) is 20.5 Å². The minimum absolute atomic E-state index is 0.0305. The molecule has 1 aliphatic heterocycles. The SMILES string of the molecule is C=CCN1C(=O)/C(=C/c2cc(OCC)c(OCc3cccc(C)c3)cc2Br)C(=O)NC1=S. The monoisotopic (exact) mass is 514 g/mol. The highest BCUT2D eigenvalue weighted by molar-refractivity contribution is 9.10. The molecule has 1 fully saturated rings. The number of hydrogen-bond acceptors (Lipinski definition) is 5. The first-order chi connectivity index (χ1) is 15.3. The number of carbonyl (C=O) groups is 2. The molecule has 32 heavy (non-hydrogen) atoms. The molecule has 2 aromatic rings. The maximum absolute atomic E-state index is 12.8. The van der Waals surface area contributed by atoms with Gasteiger partial charge < -0.3 is 9.47 Å². The number of rotatable bonds is 8. The third-order valence-electron chi connectivity index (χ3n) is 4.64. The highest BCUT2D eigenvalue weighted by atomic mass is 79.9. The molecule has 0 unspecified atom stereocenters. The number of benzene rings is 2. The molecule has 2 aromatic carbocycles. The van der Waals surface area contributed by atoms with Crippen molar-refractivity contribution in [1.29, 1.82) is 0 Å². The lowest BCUT2D eigenvalue weighted by Gasteiger charge is -2.27. The van der Waals surface area contributed by atoms with Gasteiger partial charge in [0.25, 0.3) is 11.8 Å². The molecule has 166 valence electrons. The molecule has 0 aliphatic carbocycles. The predicted molar refractivity (Wildman–Crippen MR) is 131 cm³/mol. The number of hydrogen-bond donors (Lipinski definition) is 1. The number of thiocarbonyl (C=S) groups is 1. The first-order valence-corrected chi connectivity index (χ1v) is 11.2. The van der Waals surface area contributed by atoms with E-state index in [4.69, 9.17) is 21.7 Å². The third kappa shape index (κ3) is 5.44. The van der Waals surface area contributed by atoms with E-state index in [0.29, 0.717) is 34.7 Å². The molecule has 8 heteroatoms. The van der Waals surface area contributed by atoms with Gasteiger partial charge >= 0.3 is 0 Å². The molecule has 0 atom stereocenters. The second-order valence-electron chi connectivity index (χ2n) is 7.05. The number of nitrogens with one attached hydrogen (secondary N) is 1. The summed E-state index contributed by atoms with van der Waals surface area (Å²) in [5.74, 6) is 0.0295. The molecule has 0 aromatic heterocycles. The number of aryl methyl sites for hydroxylation is 1. The quantitative estimate of drug-likeness (QED) is 0.242. The van der Waals surface area contributed by atoms with Gasteiger partial charge in [0.05, 0.1) is 6.61 Å². The van der Waals surface area contributed by atoms with Crippen LogP contribution in [0, 0.1) is 6.92 Å². The number of nitrogens with zero attached hydrogens (tertiary/aromatic N) is 1. The van der Waals surface area contributed by atoms with E-state index in [1.807, 2.05) is 32.0 Å².